The van der Waals surface area contributed by atoms with Crippen LogP contribution in [0.4, 0.5) is 0 Å². The van der Waals surface area contributed by atoms with E-state index < -0.39 is 0 Å². The van der Waals surface area contributed by atoms with Crippen LogP contribution < -0.4 is 0 Å². The molecule has 2 aliphatic carbocycles. The SMILES string of the molecule is CC(=O)N1[C@H](CO)[C@H](c2ccc(C3=CCCC3)cc2)C12CN(C(=O)C1CC1)C2. The number of allylic oxidation sites excluding steroid dienone is 2. The molecule has 2 atom stereocenters. The first kappa shape index (κ1) is 17.9. The highest BCUT2D eigenvalue weighted by Gasteiger charge is 2.67. The van der Waals surface area contributed by atoms with Crippen molar-refractivity contribution < 1.29 is 14.7 Å². The van der Waals surface area contributed by atoms with Gasteiger partial charge >= 0.3 is 0 Å². The maximum Gasteiger partial charge on any atom is 0.225 e. The van der Waals surface area contributed by atoms with Crippen LogP contribution >= 0.6 is 0 Å². The van der Waals surface area contributed by atoms with Gasteiger partial charge in [0, 0.05) is 31.8 Å². The fourth-order valence-electron chi connectivity index (χ4n) is 5.72. The Labute approximate surface area is 166 Å². The maximum atomic E-state index is 12.4. The van der Waals surface area contributed by atoms with E-state index in [0.717, 1.165) is 31.2 Å². The number of carbonyl (C=O) groups excluding carboxylic acids is 2. The minimum absolute atomic E-state index is 0.0125. The summed E-state index contributed by atoms with van der Waals surface area (Å²) in [4.78, 5) is 28.5. The Morgan fingerprint density at radius 2 is 1.89 bits per heavy atom. The molecule has 4 aliphatic rings. The van der Waals surface area contributed by atoms with Gasteiger partial charge in [-0.15, -0.1) is 0 Å². The molecule has 5 nitrogen and oxygen atoms in total. The molecule has 5 heteroatoms. The number of hydrogen-bond donors (Lipinski definition) is 1. The zero-order valence-electron chi connectivity index (χ0n) is 16.4. The summed E-state index contributed by atoms with van der Waals surface area (Å²) < 4.78 is 0. The zero-order valence-corrected chi connectivity index (χ0v) is 16.4. The first-order valence-corrected chi connectivity index (χ1v) is 10.5. The summed E-state index contributed by atoms with van der Waals surface area (Å²) in [5.74, 6) is 0.510. The summed E-state index contributed by atoms with van der Waals surface area (Å²) in [6.07, 6.45) is 7.85. The van der Waals surface area contributed by atoms with Gasteiger partial charge in [-0.1, -0.05) is 30.3 Å². The summed E-state index contributed by atoms with van der Waals surface area (Å²) in [7, 11) is 0. The quantitative estimate of drug-likeness (QED) is 0.873. The molecule has 2 heterocycles. The van der Waals surface area contributed by atoms with Crippen LogP contribution in [0.3, 0.4) is 0 Å². The summed E-state index contributed by atoms with van der Waals surface area (Å²) in [6, 6.07) is 8.47. The van der Waals surface area contributed by atoms with Crippen LogP contribution in [0.25, 0.3) is 5.57 Å². The van der Waals surface area contributed by atoms with Crippen LogP contribution in [0.1, 0.15) is 56.1 Å². The van der Waals surface area contributed by atoms with E-state index in [0.29, 0.717) is 13.1 Å². The Morgan fingerprint density at radius 3 is 2.43 bits per heavy atom. The van der Waals surface area contributed by atoms with Gasteiger partial charge in [0.2, 0.25) is 11.8 Å². The molecule has 0 radical (unpaired) electrons. The molecule has 0 bridgehead atoms. The maximum absolute atomic E-state index is 12.4. The summed E-state index contributed by atoms with van der Waals surface area (Å²) in [5, 5.41) is 10.0. The lowest BCUT2D eigenvalue weighted by molar-refractivity contribution is -0.202. The topological polar surface area (TPSA) is 60.9 Å². The predicted molar refractivity (Wildman–Crippen MR) is 106 cm³/mol. The molecule has 28 heavy (non-hydrogen) atoms. The van der Waals surface area contributed by atoms with Gasteiger partial charge in [-0.05, 0) is 48.8 Å². The highest BCUT2D eigenvalue weighted by Crippen LogP contribution is 2.54. The average molecular weight is 380 g/mol. The number of amides is 2. The number of aliphatic hydroxyl groups is 1. The van der Waals surface area contributed by atoms with Gasteiger partial charge < -0.3 is 14.9 Å². The summed E-state index contributed by atoms with van der Waals surface area (Å²) >= 11 is 0. The average Bonchev–Trinajstić information content (AvgIpc) is 3.34. The first-order valence-electron chi connectivity index (χ1n) is 10.5. The second kappa shape index (κ2) is 6.45. The van der Waals surface area contributed by atoms with Gasteiger partial charge in [-0.3, -0.25) is 9.59 Å². The van der Waals surface area contributed by atoms with E-state index in [1.165, 1.54) is 17.6 Å². The van der Waals surface area contributed by atoms with E-state index in [-0.39, 0.29) is 41.8 Å². The molecule has 1 spiro atoms. The number of nitrogens with zero attached hydrogens (tertiary/aromatic N) is 2. The molecule has 1 N–H and O–H groups in total. The molecule has 1 aromatic carbocycles. The zero-order chi connectivity index (χ0) is 19.5. The van der Waals surface area contributed by atoms with Crippen molar-refractivity contribution in [3.63, 3.8) is 0 Å². The predicted octanol–water partition coefficient (Wildman–Crippen LogP) is 2.55. The summed E-state index contributed by atoms with van der Waals surface area (Å²) in [5.41, 5.74) is 3.51. The van der Waals surface area contributed by atoms with Crippen LogP contribution in [0.15, 0.2) is 30.3 Å². The molecule has 2 amide bonds. The van der Waals surface area contributed by atoms with Gasteiger partial charge in [0.05, 0.1) is 18.2 Å². The molecular weight excluding hydrogens is 352 g/mol. The third-order valence-electron chi connectivity index (χ3n) is 7.15. The van der Waals surface area contributed by atoms with E-state index in [4.69, 9.17) is 0 Å². The van der Waals surface area contributed by atoms with Gasteiger partial charge in [0.1, 0.15) is 0 Å². The number of likely N-dealkylation sites (tertiary alicyclic amines) is 2. The molecule has 2 saturated heterocycles. The Kier molecular flexibility index (Phi) is 4.13. The van der Waals surface area contributed by atoms with Crippen molar-refractivity contribution in [2.24, 2.45) is 5.92 Å². The molecular formula is C23H28N2O3. The smallest absolute Gasteiger partial charge is 0.225 e. The van der Waals surface area contributed by atoms with Crippen molar-refractivity contribution in [3.8, 4) is 0 Å². The van der Waals surface area contributed by atoms with Crippen molar-refractivity contribution in [2.45, 2.75) is 56.5 Å². The molecule has 1 aromatic rings. The van der Waals surface area contributed by atoms with Crippen molar-refractivity contribution in [2.75, 3.05) is 19.7 Å². The van der Waals surface area contributed by atoms with Gasteiger partial charge in [0.25, 0.3) is 0 Å². The molecule has 148 valence electrons. The van der Waals surface area contributed by atoms with Crippen LogP contribution in [0, 0.1) is 5.92 Å². The third-order valence-corrected chi connectivity index (χ3v) is 7.15. The van der Waals surface area contributed by atoms with E-state index in [2.05, 4.69) is 30.3 Å². The number of carbonyl (C=O) groups is 2. The summed E-state index contributed by atoms with van der Waals surface area (Å²) in [6.45, 7) is 2.71. The van der Waals surface area contributed by atoms with Crippen LogP contribution in [0.2, 0.25) is 0 Å². The van der Waals surface area contributed by atoms with Crippen LogP contribution in [0.5, 0.6) is 0 Å². The lowest BCUT2D eigenvalue weighted by Crippen LogP contribution is -2.85. The van der Waals surface area contributed by atoms with Gasteiger partial charge in [-0.2, -0.15) is 0 Å². The molecule has 0 unspecified atom stereocenters. The minimum atomic E-state index is -0.349. The Hall–Kier alpha value is -2.14. The van der Waals surface area contributed by atoms with E-state index in [9.17, 15) is 14.7 Å². The second-order valence-electron chi connectivity index (χ2n) is 8.93. The van der Waals surface area contributed by atoms with E-state index >= 15 is 0 Å². The molecule has 0 aromatic heterocycles. The number of rotatable bonds is 4. The number of hydrogen-bond acceptors (Lipinski definition) is 3. The first-order chi connectivity index (χ1) is 13.5. The highest BCUT2D eigenvalue weighted by atomic mass is 16.3. The monoisotopic (exact) mass is 380 g/mol. The lowest BCUT2D eigenvalue weighted by atomic mass is 9.60. The molecule has 1 saturated carbocycles. The minimum Gasteiger partial charge on any atom is -0.394 e. The van der Waals surface area contributed by atoms with Gasteiger partial charge in [-0.25, -0.2) is 0 Å². The Balaban J connectivity index is 1.41. The van der Waals surface area contributed by atoms with Crippen molar-refractivity contribution >= 4 is 17.4 Å². The van der Waals surface area contributed by atoms with E-state index in [1.807, 2.05) is 9.80 Å². The Morgan fingerprint density at radius 1 is 1.18 bits per heavy atom. The number of aliphatic hydroxyl groups excluding tert-OH is 1. The number of benzene rings is 1. The fraction of sp³-hybridized carbons (Fsp3) is 0.565. The van der Waals surface area contributed by atoms with Crippen LogP contribution in [-0.4, -0.2) is 58.0 Å². The van der Waals surface area contributed by atoms with Crippen LogP contribution in [-0.2, 0) is 9.59 Å². The highest BCUT2D eigenvalue weighted by molar-refractivity contribution is 5.84. The van der Waals surface area contributed by atoms with Crippen molar-refractivity contribution in [1.29, 1.82) is 0 Å². The molecule has 3 fully saturated rings. The van der Waals surface area contributed by atoms with E-state index in [1.54, 1.807) is 6.92 Å². The normalized spacial score (nSPS) is 28.0. The molecule has 2 aliphatic heterocycles. The van der Waals surface area contributed by atoms with Gasteiger partial charge in [0.15, 0.2) is 0 Å². The fourth-order valence-corrected chi connectivity index (χ4v) is 5.72. The Bertz CT molecular complexity index is 834. The second-order valence-corrected chi connectivity index (χ2v) is 8.93. The molecule has 5 rings (SSSR count). The standard InChI is InChI=1S/C23H28N2O3/c1-15(27)25-20(12-26)21(23(25)13-24(14-23)22(28)19-10-11-19)18-8-6-17(7-9-18)16-4-2-3-5-16/h4,6-9,19-21,26H,2-3,5,10-14H2,1H3/t20-,21+/m1/s1. The lowest BCUT2D eigenvalue weighted by Gasteiger charge is -2.70. The largest absolute Gasteiger partial charge is 0.394 e. The van der Waals surface area contributed by atoms with Crippen molar-refractivity contribution in [1.82, 2.24) is 9.80 Å². The third kappa shape index (κ3) is 2.55. The van der Waals surface area contributed by atoms with Crippen molar-refractivity contribution in [3.05, 3.63) is 41.5 Å².